The summed E-state index contributed by atoms with van der Waals surface area (Å²) in [4.78, 5) is 0. The van der Waals surface area contributed by atoms with Crippen LogP contribution in [0.4, 0.5) is 0 Å². The van der Waals surface area contributed by atoms with Gasteiger partial charge in [-0.1, -0.05) is 79.9 Å². The second kappa shape index (κ2) is 10.5. The van der Waals surface area contributed by atoms with Crippen molar-refractivity contribution in [1.29, 1.82) is 0 Å². The van der Waals surface area contributed by atoms with E-state index in [-0.39, 0.29) is 5.41 Å². The highest BCUT2D eigenvalue weighted by Crippen LogP contribution is 2.46. The Balaban J connectivity index is 1.11. The van der Waals surface area contributed by atoms with E-state index in [4.69, 9.17) is 0 Å². The molecule has 0 atom stereocenters. The van der Waals surface area contributed by atoms with Crippen molar-refractivity contribution in [3.8, 4) is 11.4 Å². The molecule has 6 aromatic rings. The molecule has 44 heavy (non-hydrogen) atoms. The molecule has 220 valence electrons. The van der Waals surface area contributed by atoms with E-state index in [0.717, 1.165) is 0 Å². The molecule has 0 radical (unpaired) electrons. The van der Waals surface area contributed by atoms with Crippen LogP contribution in [0, 0.1) is 0 Å². The van der Waals surface area contributed by atoms with Crippen LogP contribution in [0.1, 0.15) is 91.4 Å². The highest BCUT2D eigenvalue weighted by Gasteiger charge is 2.36. The Labute approximate surface area is 261 Å². The lowest BCUT2D eigenvalue weighted by atomic mass is 9.65. The maximum Gasteiger partial charge on any atom is 0.0534 e. The number of hydrogen-bond donors (Lipinski definition) is 0. The summed E-state index contributed by atoms with van der Waals surface area (Å²) in [6.45, 7) is 0. The van der Waals surface area contributed by atoms with E-state index in [0.29, 0.717) is 0 Å². The normalized spacial score (nSPS) is 17.9. The first-order valence-electron chi connectivity index (χ1n) is 17.3. The van der Waals surface area contributed by atoms with Gasteiger partial charge in [0.1, 0.15) is 0 Å². The molecule has 0 aliphatic heterocycles. The summed E-state index contributed by atoms with van der Waals surface area (Å²) in [5.41, 5.74) is 14.7. The van der Waals surface area contributed by atoms with Crippen molar-refractivity contribution >= 4 is 21.8 Å². The molecule has 2 aromatic heterocycles. The average molecular weight is 575 g/mol. The van der Waals surface area contributed by atoms with Crippen LogP contribution < -0.4 is 0 Å². The van der Waals surface area contributed by atoms with Gasteiger partial charge in [-0.15, -0.1) is 0 Å². The van der Waals surface area contributed by atoms with Gasteiger partial charge in [0.2, 0.25) is 0 Å². The van der Waals surface area contributed by atoms with Crippen molar-refractivity contribution in [2.75, 3.05) is 0 Å². The largest absolute Gasteiger partial charge is 0.313 e. The third kappa shape index (κ3) is 3.99. The molecule has 1 fully saturated rings. The van der Waals surface area contributed by atoms with E-state index in [1.165, 1.54) is 139 Å². The molecule has 0 spiro atoms. The van der Waals surface area contributed by atoms with Crippen molar-refractivity contribution in [3.63, 3.8) is 0 Å². The molecule has 2 heterocycles. The van der Waals surface area contributed by atoms with Gasteiger partial charge in [0.05, 0.1) is 11.0 Å². The minimum Gasteiger partial charge on any atom is -0.313 e. The number of benzene rings is 4. The van der Waals surface area contributed by atoms with Crippen molar-refractivity contribution in [2.24, 2.45) is 0 Å². The summed E-state index contributed by atoms with van der Waals surface area (Å²) in [6, 6.07) is 37.6. The van der Waals surface area contributed by atoms with Crippen LogP contribution in [-0.4, -0.2) is 9.13 Å². The molecule has 2 heteroatoms. The van der Waals surface area contributed by atoms with Crippen LogP contribution in [-0.2, 0) is 31.1 Å². The van der Waals surface area contributed by atoms with Crippen LogP contribution in [0.5, 0.6) is 0 Å². The second-order valence-corrected chi connectivity index (χ2v) is 13.7. The maximum atomic E-state index is 2.57. The van der Waals surface area contributed by atoms with Crippen molar-refractivity contribution < 1.29 is 0 Å². The summed E-state index contributed by atoms with van der Waals surface area (Å²) < 4.78 is 5.13. The Morgan fingerprint density at radius 2 is 0.841 bits per heavy atom. The van der Waals surface area contributed by atoms with Gasteiger partial charge in [-0.05, 0) is 123 Å². The number of fused-ring (bicyclic) bond motifs is 6. The van der Waals surface area contributed by atoms with E-state index in [9.17, 15) is 0 Å². The van der Waals surface area contributed by atoms with Gasteiger partial charge in [-0.3, -0.25) is 0 Å². The predicted octanol–water partition coefficient (Wildman–Crippen LogP) is 10.6. The summed E-state index contributed by atoms with van der Waals surface area (Å²) in [6.07, 6.45) is 16.4. The Bertz CT molecular complexity index is 1840. The van der Waals surface area contributed by atoms with Crippen molar-refractivity contribution in [3.05, 3.63) is 131 Å². The minimum atomic E-state index is 0.0890. The van der Waals surface area contributed by atoms with Gasteiger partial charge in [-0.2, -0.15) is 0 Å². The predicted molar refractivity (Wildman–Crippen MR) is 184 cm³/mol. The Hall–Kier alpha value is -4.04. The van der Waals surface area contributed by atoms with E-state index >= 15 is 0 Å². The fourth-order valence-electron chi connectivity index (χ4n) is 9.34. The Morgan fingerprint density at radius 1 is 0.409 bits per heavy atom. The van der Waals surface area contributed by atoms with Crippen LogP contribution >= 0.6 is 0 Å². The average Bonchev–Trinajstić information content (AvgIpc) is 3.62. The number of aromatic nitrogens is 2. The summed E-state index contributed by atoms with van der Waals surface area (Å²) in [5.74, 6) is 0. The summed E-state index contributed by atoms with van der Waals surface area (Å²) >= 11 is 0. The smallest absolute Gasteiger partial charge is 0.0534 e. The SMILES string of the molecule is c1ccc2c(c1)c1c(n2-c2ccc(C3(c4ccc(-n5c6c(c7ccccc75)CCCC6)cc4)CCCCC3)cc2)CCCC1. The molecule has 1 saturated carbocycles. The third-order valence-electron chi connectivity index (χ3n) is 11.4. The fraction of sp³-hybridized carbons (Fsp3) is 0.333. The highest BCUT2D eigenvalue weighted by molar-refractivity contribution is 5.88. The summed E-state index contributed by atoms with van der Waals surface area (Å²) in [7, 11) is 0. The molecule has 2 nitrogen and oxygen atoms in total. The standard InChI is InChI=1S/C42H42N2/c1-10-28-42(29-11-1,30-20-24-32(25-21-30)43-38-16-6-2-12-34(38)35-13-3-7-17-39(35)43)31-22-26-33(27-23-31)44-40-18-8-4-14-36(40)37-15-5-9-19-41(37)44/h2,4,6,8,12,14,16,18,20-27H,1,3,5,7,9-11,13,15,17,19,28-29H2. The quantitative estimate of drug-likeness (QED) is 0.198. The minimum absolute atomic E-state index is 0.0890. The zero-order valence-electron chi connectivity index (χ0n) is 25.8. The highest BCUT2D eigenvalue weighted by atomic mass is 15.0. The monoisotopic (exact) mass is 574 g/mol. The van der Waals surface area contributed by atoms with Crippen LogP contribution in [0.25, 0.3) is 33.2 Å². The number of rotatable bonds is 4. The van der Waals surface area contributed by atoms with Crippen molar-refractivity contribution in [1.82, 2.24) is 9.13 Å². The lowest BCUT2D eigenvalue weighted by Gasteiger charge is -2.39. The Morgan fingerprint density at radius 3 is 1.32 bits per heavy atom. The molecule has 3 aliphatic carbocycles. The lowest BCUT2D eigenvalue weighted by molar-refractivity contribution is 0.346. The maximum absolute atomic E-state index is 2.57. The topological polar surface area (TPSA) is 9.86 Å². The first kappa shape index (κ1) is 26.4. The van der Waals surface area contributed by atoms with Crippen LogP contribution in [0.15, 0.2) is 97.1 Å². The van der Waals surface area contributed by atoms with Gasteiger partial charge in [-0.25, -0.2) is 0 Å². The number of aryl methyl sites for hydroxylation is 2. The summed E-state index contributed by atoms with van der Waals surface area (Å²) in [5, 5.41) is 2.90. The van der Waals surface area contributed by atoms with E-state index in [2.05, 4.69) is 106 Å². The van der Waals surface area contributed by atoms with E-state index in [1.807, 2.05) is 0 Å². The molecule has 0 saturated heterocycles. The zero-order chi connectivity index (χ0) is 29.1. The fourth-order valence-corrected chi connectivity index (χ4v) is 9.34. The van der Waals surface area contributed by atoms with E-state index in [1.54, 1.807) is 11.1 Å². The van der Waals surface area contributed by atoms with Gasteiger partial charge in [0.15, 0.2) is 0 Å². The molecule has 4 aromatic carbocycles. The van der Waals surface area contributed by atoms with Crippen LogP contribution in [0.2, 0.25) is 0 Å². The van der Waals surface area contributed by atoms with E-state index < -0.39 is 0 Å². The second-order valence-electron chi connectivity index (χ2n) is 13.7. The molecule has 0 bridgehead atoms. The molecule has 3 aliphatic rings. The lowest BCUT2D eigenvalue weighted by Crippen LogP contribution is -2.30. The number of nitrogens with zero attached hydrogens (tertiary/aromatic N) is 2. The molecule has 0 N–H and O–H groups in total. The first-order chi connectivity index (χ1) is 21.8. The molecule has 0 amide bonds. The van der Waals surface area contributed by atoms with Gasteiger partial charge in [0, 0.05) is 39.0 Å². The van der Waals surface area contributed by atoms with Gasteiger partial charge >= 0.3 is 0 Å². The van der Waals surface area contributed by atoms with Gasteiger partial charge in [0.25, 0.3) is 0 Å². The molecular weight excluding hydrogens is 532 g/mol. The first-order valence-corrected chi connectivity index (χ1v) is 17.3. The molecule has 0 unspecified atom stereocenters. The molecule has 9 rings (SSSR count). The van der Waals surface area contributed by atoms with Crippen LogP contribution in [0.3, 0.4) is 0 Å². The Kier molecular flexibility index (Phi) is 6.32. The number of hydrogen-bond acceptors (Lipinski definition) is 0. The van der Waals surface area contributed by atoms with Gasteiger partial charge < -0.3 is 9.13 Å². The zero-order valence-corrected chi connectivity index (χ0v) is 25.8. The molecular formula is C42H42N2. The van der Waals surface area contributed by atoms with Crippen molar-refractivity contribution in [2.45, 2.75) is 88.9 Å². The third-order valence-corrected chi connectivity index (χ3v) is 11.4. The number of para-hydroxylation sites is 2.